The number of esters is 1. The van der Waals surface area contributed by atoms with E-state index in [0.29, 0.717) is 5.92 Å². The van der Waals surface area contributed by atoms with Gasteiger partial charge in [-0.2, -0.15) is 0 Å². The van der Waals surface area contributed by atoms with Gasteiger partial charge in [-0.05, 0) is 12.5 Å². The molecule has 3 nitrogen and oxygen atoms in total. The van der Waals surface area contributed by atoms with Gasteiger partial charge in [0, 0.05) is 6.54 Å². The molecule has 0 aromatic rings. The molecule has 0 aliphatic carbocycles. The number of ether oxygens (including phenoxy) is 1. The molecule has 1 heterocycles. The van der Waals surface area contributed by atoms with Crippen LogP contribution in [0.5, 0.6) is 0 Å². The molecular weight excluding hydrogens is 130 g/mol. The Morgan fingerprint density at radius 1 is 1.60 bits per heavy atom. The average Bonchev–Trinajstić information content (AvgIpc) is 2.34. The van der Waals surface area contributed by atoms with Crippen molar-refractivity contribution in [2.24, 2.45) is 11.8 Å². The van der Waals surface area contributed by atoms with E-state index < -0.39 is 0 Å². The topological polar surface area (TPSA) is 38.3 Å². The lowest BCUT2D eigenvalue weighted by Gasteiger charge is -2.09. The third kappa shape index (κ3) is 1.29. The van der Waals surface area contributed by atoms with Gasteiger partial charge in [-0.15, -0.1) is 0 Å². The zero-order chi connectivity index (χ0) is 7.56. The Morgan fingerprint density at radius 3 is 2.70 bits per heavy atom. The van der Waals surface area contributed by atoms with Crippen LogP contribution in [0.15, 0.2) is 0 Å². The molecule has 0 saturated carbocycles. The van der Waals surface area contributed by atoms with Gasteiger partial charge < -0.3 is 10.1 Å². The Bertz CT molecular complexity index is 136. The summed E-state index contributed by atoms with van der Waals surface area (Å²) in [6.07, 6.45) is 0. The van der Waals surface area contributed by atoms with Crippen LogP contribution in [0.3, 0.4) is 0 Å². The maximum atomic E-state index is 11.0. The molecule has 1 fully saturated rings. The molecule has 1 saturated heterocycles. The van der Waals surface area contributed by atoms with Crippen molar-refractivity contribution < 1.29 is 9.53 Å². The lowest BCUT2D eigenvalue weighted by Crippen LogP contribution is -2.22. The third-order valence-electron chi connectivity index (χ3n) is 2.02. The normalized spacial score (nSPS) is 32.2. The molecule has 0 amide bonds. The fourth-order valence-electron chi connectivity index (χ4n) is 1.28. The standard InChI is InChI=1S/C7H13NO2/c1-5-3-8-4-6(5)7(9)10-2/h5-6,8H,3-4H2,1-2H3. The van der Waals surface area contributed by atoms with Gasteiger partial charge >= 0.3 is 5.97 Å². The van der Waals surface area contributed by atoms with Crippen molar-refractivity contribution in [1.29, 1.82) is 0 Å². The Hall–Kier alpha value is -0.570. The highest BCUT2D eigenvalue weighted by molar-refractivity contribution is 5.73. The van der Waals surface area contributed by atoms with E-state index in [1.807, 2.05) is 0 Å². The molecule has 1 aliphatic heterocycles. The Morgan fingerprint density at radius 2 is 2.30 bits per heavy atom. The lowest BCUT2D eigenvalue weighted by atomic mass is 9.99. The molecule has 58 valence electrons. The molecule has 0 radical (unpaired) electrons. The summed E-state index contributed by atoms with van der Waals surface area (Å²) in [7, 11) is 1.44. The quantitative estimate of drug-likeness (QED) is 0.526. The first-order valence-corrected chi connectivity index (χ1v) is 3.54. The van der Waals surface area contributed by atoms with E-state index in [9.17, 15) is 4.79 Å². The minimum Gasteiger partial charge on any atom is -0.469 e. The maximum absolute atomic E-state index is 11.0. The molecule has 0 bridgehead atoms. The van der Waals surface area contributed by atoms with Crippen molar-refractivity contribution in [2.45, 2.75) is 6.92 Å². The van der Waals surface area contributed by atoms with Gasteiger partial charge in [0.15, 0.2) is 0 Å². The monoisotopic (exact) mass is 143 g/mol. The van der Waals surface area contributed by atoms with Crippen LogP contribution >= 0.6 is 0 Å². The zero-order valence-corrected chi connectivity index (χ0v) is 6.39. The fourth-order valence-corrected chi connectivity index (χ4v) is 1.28. The highest BCUT2D eigenvalue weighted by atomic mass is 16.5. The number of carbonyl (C=O) groups excluding carboxylic acids is 1. The fraction of sp³-hybridized carbons (Fsp3) is 0.857. The van der Waals surface area contributed by atoms with Crippen molar-refractivity contribution in [1.82, 2.24) is 5.32 Å². The second-order valence-corrected chi connectivity index (χ2v) is 2.77. The summed E-state index contributed by atoms with van der Waals surface area (Å²) < 4.78 is 4.63. The van der Waals surface area contributed by atoms with Gasteiger partial charge in [-0.1, -0.05) is 6.92 Å². The molecule has 0 aromatic carbocycles. The van der Waals surface area contributed by atoms with Gasteiger partial charge in [0.05, 0.1) is 13.0 Å². The highest BCUT2D eigenvalue weighted by Gasteiger charge is 2.29. The molecule has 1 aliphatic rings. The van der Waals surface area contributed by atoms with Crippen LogP contribution in [-0.4, -0.2) is 26.2 Å². The van der Waals surface area contributed by atoms with Crippen molar-refractivity contribution in [3.63, 3.8) is 0 Å². The van der Waals surface area contributed by atoms with E-state index in [1.165, 1.54) is 7.11 Å². The summed E-state index contributed by atoms with van der Waals surface area (Å²) >= 11 is 0. The van der Waals surface area contributed by atoms with Crippen LogP contribution < -0.4 is 5.32 Å². The van der Waals surface area contributed by atoms with Crippen LogP contribution in [-0.2, 0) is 9.53 Å². The summed E-state index contributed by atoms with van der Waals surface area (Å²) in [5.74, 6) is 0.412. The van der Waals surface area contributed by atoms with Crippen molar-refractivity contribution in [3.8, 4) is 0 Å². The number of hydrogen-bond donors (Lipinski definition) is 1. The number of rotatable bonds is 1. The number of hydrogen-bond acceptors (Lipinski definition) is 3. The van der Waals surface area contributed by atoms with E-state index in [1.54, 1.807) is 0 Å². The van der Waals surface area contributed by atoms with Gasteiger partial charge in [-0.3, -0.25) is 4.79 Å². The van der Waals surface area contributed by atoms with E-state index in [0.717, 1.165) is 13.1 Å². The van der Waals surface area contributed by atoms with Gasteiger partial charge in [-0.25, -0.2) is 0 Å². The van der Waals surface area contributed by atoms with Crippen molar-refractivity contribution in [3.05, 3.63) is 0 Å². The number of nitrogens with one attached hydrogen (secondary N) is 1. The summed E-state index contributed by atoms with van der Waals surface area (Å²) in [5.41, 5.74) is 0. The summed E-state index contributed by atoms with van der Waals surface area (Å²) in [4.78, 5) is 11.0. The van der Waals surface area contributed by atoms with E-state index in [2.05, 4.69) is 17.0 Å². The van der Waals surface area contributed by atoms with E-state index >= 15 is 0 Å². The summed E-state index contributed by atoms with van der Waals surface area (Å²) in [6, 6.07) is 0. The van der Waals surface area contributed by atoms with Crippen LogP contribution in [0.4, 0.5) is 0 Å². The van der Waals surface area contributed by atoms with Crippen LogP contribution in [0.2, 0.25) is 0 Å². The summed E-state index contributed by atoms with van der Waals surface area (Å²) in [5, 5.41) is 3.14. The molecular formula is C7H13NO2. The van der Waals surface area contributed by atoms with Crippen LogP contribution in [0, 0.1) is 11.8 Å². The molecule has 1 rings (SSSR count). The minimum absolute atomic E-state index is 0.0741. The minimum atomic E-state index is -0.0856. The maximum Gasteiger partial charge on any atom is 0.310 e. The zero-order valence-electron chi connectivity index (χ0n) is 6.39. The Labute approximate surface area is 60.7 Å². The smallest absolute Gasteiger partial charge is 0.310 e. The largest absolute Gasteiger partial charge is 0.469 e. The third-order valence-corrected chi connectivity index (χ3v) is 2.02. The molecule has 0 aromatic heterocycles. The van der Waals surface area contributed by atoms with Gasteiger partial charge in [0.1, 0.15) is 0 Å². The first-order valence-electron chi connectivity index (χ1n) is 3.54. The predicted octanol–water partition coefficient (Wildman–Crippen LogP) is 0.0149. The van der Waals surface area contributed by atoms with Gasteiger partial charge in [0.25, 0.3) is 0 Å². The lowest BCUT2D eigenvalue weighted by molar-refractivity contribution is -0.145. The summed E-state index contributed by atoms with van der Waals surface area (Å²) in [6.45, 7) is 3.76. The molecule has 0 spiro atoms. The SMILES string of the molecule is COC(=O)C1CNCC1C. The predicted molar refractivity (Wildman–Crippen MR) is 37.5 cm³/mol. The average molecular weight is 143 g/mol. The number of methoxy groups -OCH3 is 1. The molecule has 2 unspecified atom stereocenters. The second-order valence-electron chi connectivity index (χ2n) is 2.77. The van der Waals surface area contributed by atoms with E-state index in [4.69, 9.17) is 0 Å². The number of carbonyl (C=O) groups is 1. The first-order chi connectivity index (χ1) is 4.75. The van der Waals surface area contributed by atoms with Crippen LogP contribution in [0.25, 0.3) is 0 Å². The van der Waals surface area contributed by atoms with Crippen molar-refractivity contribution >= 4 is 5.97 Å². The molecule has 1 N–H and O–H groups in total. The second kappa shape index (κ2) is 3.01. The van der Waals surface area contributed by atoms with Crippen molar-refractivity contribution in [2.75, 3.05) is 20.2 Å². The first kappa shape index (κ1) is 7.54. The Balaban J connectivity index is 2.46. The van der Waals surface area contributed by atoms with Gasteiger partial charge in [0.2, 0.25) is 0 Å². The van der Waals surface area contributed by atoms with Crippen LogP contribution in [0.1, 0.15) is 6.92 Å². The highest BCUT2D eigenvalue weighted by Crippen LogP contribution is 2.16. The molecule has 3 heteroatoms. The molecule has 10 heavy (non-hydrogen) atoms. The van der Waals surface area contributed by atoms with E-state index in [-0.39, 0.29) is 11.9 Å². The molecule has 2 atom stereocenters. The Kier molecular flexibility index (Phi) is 2.27.